The highest BCUT2D eigenvalue weighted by Crippen LogP contribution is 2.27. The van der Waals surface area contributed by atoms with Crippen molar-refractivity contribution in [1.82, 2.24) is 0 Å². The molecule has 0 fully saturated rings. The Morgan fingerprint density at radius 1 is 0.963 bits per heavy atom. The molecule has 6 heteroatoms. The number of hydrogen-bond donors (Lipinski definition) is 2. The number of anilines is 1. The van der Waals surface area contributed by atoms with E-state index in [9.17, 15) is 14.7 Å². The Kier molecular flexibility index (Phi) is 5.49. The standard InChI is InChI=1S/C21H15Cl2NO3/c1-12(13-6-7-17(22)18(23)10-13)8-20(25)24-19-11-15-5-3-2-4-14(15)9-16(19)21(26)27/h2-11H,1H3,(H,24,25)(H,26,27). The summed E-state index contributed by atoms with van der Waals surface area (Å²) in [5.41, 5.74) is 1.69. The number of amides is 1. The number of carboxylic acid groups (broad SMARTS) is 1. The lowest BCUT2D eigenvalue weighted by Gasteiger charge is -2.10. The predicted molar refractivity (Wildman–Crippen MR) is 110 cm³/mol. The highest BCUT2D eigenvalue weighted by molar-refractivity contribution is 6.42. The molecule has 0 radical (unpaired) electrons. The molecule has 27 heavy (non-hydrogen) atoms. The zero-order valence-corrected chi connectivity index (χ0v) is 15.8. The fourth-order valence-electron chi connectivity index (χ4n) is 2.71. The molecule has 3 aromatic carbocycles. The summed E-state index contributed by atoms with van der Waals surface area (Å²) in [6, 6.07) is 15.6. The molecule has 0 aliphatic carbocycles. The van der Waals surface area contributed by atoms with E-state index in [1.54, 1.807) is 37.3 Å². The summed E-state index contributed by atoms with van der Waals surface area (Å²) in [6.07, 6.45) is 1.39. The van der Waals surface area contributed by atoms with Crippen LogP contribution in [0.2, 0.25) is 10.0 Å². The number of hydrogen-bond acceptors (Lipinski definition) is 2. The number of halogens is 2. The third-order valence-electron chi connectivity index (χ3n) is 4.10. The maximum Gasteiger partial charge on any atom is 0.337 e. The first-order valence-corrected chi connectivity index (χ1v) is 8.81. The van der Waals surface area contributed by atoms with Crippen molar-refractivity contribution in [3.05, 3.63) is 81.8 Å². The number of nitrogens with one attached hydrogen (secondary N) is 1. The van der Waals surface area contributed by atoms with Crippen molar-refractivity contribution in [1.29, 1.82) is 0 Å². The van der Waals surface area contributed by atoms with Crippen LogP contribution in [-0.2, 0) is 4.79 Å². The molecule has 0 saturated carbocycles. The third kappa shape index (κ3) is 4.30. The lowest BCUT2D eigenvalue weighted by Crippen LogP contribution is -2.12. The molecule has 4 nitrogen and oxygen atoms in total. The molecule has 0 aliphatic heterocycles. The van der Waals surface area contributed by atoms with Crippen molar-refractivity contribution in [2.75, 3.05) is 5.32 Å². The largest absolute Gasteiger partial charge is 0.478 e. The Morgan fingerprint density at radius 2 is 1.63 bits per heavy atom. The van der Waals surface area contributed by atoms with Crippen LogP contribution in [0.25, 0.3) is 16.3 Å². The van der Waals surface area contributed by atoms with E-state index in [1.165, 1.54) is 6.08 Å². The fourth-order valence-corrected chi connectivity index (χ4v) is 3.01. The van der Waals surface area contributed by atoms with Gasteiger partial charge in [-0.1, -0.05) is 53.5 Å². The number of carboxylic acids is 1. The van der Waals surface area contributed by atoms with Gasteiger partial charge < -0.3 is 10.4 Å². The first-order chi connectivity index (χ1) is 12.8. The van der Waals surface area contributed by atoms with E-state index in [1.807, 2.05) is 24.3 Å². The molecule has 0 aromatic heterocycles. The van der Waals surface area contributed by atoms with Gasteiger partial charge in [0.25, 0.3) is 0 Å². The van der Waals surface area contributed by atoms with Crippen molar-refractivity contribution in [3.8, 4) is 0 Å². The molecular formula is C21H15Cl2NO3. The molecule has 0 bridgehead atoms. The normalized spacial score (nSPS) is 11.4. The van der Waals surface area contributed by atoms with Crippen LogP contribution in [0.3, 0.4) is 0 Å². The summed E-state index contributed by atoms with van der Waals surface area (Å²) >= 11 is 11.9. The zero-order valence-electron chi connectivity index (χ0n) is 14.3. The smallest absolute Gasteiger partial charge is 0.337 e. The number of carbonyl (C=O) groups is 2. The van der Waals surface area contributed by atoms with Crippen molar-refractivity contribution >= 4 is 57.1 Å². The second-order valence-electron chi connectivity index (χ2n) is 6.00. The van der Waals surface area contributed by atoms with E-state index in [-0.39, 0.29) is 11.3 Å². The highest BCUT2D eigenvalue weighted by atomic mass is 35.5. The van der Waals surface area contributed by atoms with Crippen molar-refractivity contribution in [3.63, 3.8) is 0 Å². The van der Waals surface area contributed by atoms with Gasteiger partial charge in [-0.15, -0.1) is 0 Å². The quantitative estimate of drug-likeness (QED) is 0.537. The van der Waals surface area contributed by atoms with Gasteiger partial charge in [0.2, 0.25) is 5.91 Å². The molecule has 3 aromatic rings. The first kappa shape index (κ1) is 19.0. The van der Waals surface area contributed by atoms with Crippen LogP contribution in [0, 0.1) is 0 Å². The zero-order chi connectivity index (χ0) is 19.6. The minimum Gasteiger partial charge on any atom is -0.478 e. The minimum absolute atomic E-state index is 0.0302. The third-order valence-corrected chi connectivity index (χ3v) is 4.84. The summed E-state index contributed by atoms with van der Waals surface area (Å²) < 4.78 is 0. The second kappa shape index (κ2) is 7.82. The number of benzene rings is 3. The fraction of sp³-hybridized carbons (Fsp3) is 0.0476. The summed E-state index contributed by atoms with van der Waals surface area (Å²) in [6.45, 7) is 1.76. The maximum absolute atomic E-state index is 12.4. The molecule has 136 valence electrons. The Bertz CT molecular complexity index is 1090. The molecule has 0 aliphatic rings. The van der Waals surface area contributed by atoms with E-state index in [2.05, 4.69) is 5.32 Å². The number of rotatable bonds is 4. The van der Waals surface area contributed by atoms with Gasteiger partial charge in [0, 0.05) is 6.08 Å². The lowest BCUT2D eigenvalue weighted by molar-refractivity contribution is -0.111. The van der Waals surface area contributed by atoms with E-state index in [4.69, 9.17) is 23.2 Å². The molecule has 2 N–H and O–H groups in total. The Labute approximate surface area is 166 Å². The minimum atomic E-state index is -1.11. The van der Waals surface area contributed by atoms with Crippen LogP contribution in [0.15, 0.2) is 60.7 Å². The van der Waals surface area contributed by atoms with Crippen molar-refractivity contribution < 1.29 is 14.7 Å². The summed E-state index contributed by atoms with van der Waals surface area (Å²) in [5, 5.41) is 14.6. The number of allylic oxidation sites excluding steroid dienone is 1. The Morgan fingerprint density at radius 3 is 2.26 bits per heavy atom. The van der Waals surface area contributed by atoms with Crippen LogP contribution in [0.1, 0.15) is 22.8 Å². The van der Waals surface area contributed by atoms with Crippen LogP contribution in [0.5, 0.6) is 0 Å². The van der Waals surface area contributed by atoms with Gasteiger partial charge in [0.15, 0.2) is 0 Å². The summed E-state index contributed by atoms with van der Waals surface area (Å²) in [4.78, 5) is 24.0. The molecule has 0 heterocycles. The summed E-state index contributed by atoms with van der Waals surface area (Å²) in [5.74, 6) is -1.54. The number of aromatic carboxylic acids is 1. The van der Waals surface area contributed by atoms with Crippen LogP contribution in [-0.4, -0.2) is 17.0 Å². The molecule has 3 rings (SSSR count). The summed E-state index contributed by atoms with van der Waals surface area (Å²) in [7, 11) is 0. The van der Waals surface area contributed by atoms with Crippen molar-refractivity contribution in [2.24, 2.45) is 0 Å². The lowest BCUT2D eigenvalue weighted by atomic mass is 10.0. The van der Waals surface area contributed by atoms with Crippen LogP contribution in [0.4, 0.5) is 5.69 Å². The van der Waals surface area contributed by atoms with E-state index >= 15 is 0 Å². The van der Waals surface area contributed by atoms with Crippen molar-refractivity contribution in [2.45, 2.75) is 6.92 Å². The van der Waals surface area contributed by atoms with Crippen LogP contribution >= 0.6 is 23.2 Å². The number of carbonyl (C=O) groups excluding carboxylic acids is 1. The molecule has 0 atom stereocenters. The van der Waals surface area contributed by atoms with Gasteiger partial charge in [-0.2, -0.15) is 0 Å². The van der Waals surface area contributed by atoms with Crippen LogP contribution < -0.4 is 5.32 Å². The van der Waals surface area contributed by atoms with E-state index < -0.39 is 11.9 Å². The average Bonchev–Trinajstić information content (AvgIpc) is 2.63. The van der Waals surface area contributed by atoms with Gasteiger partial charge in [-0.05, 0) is 53.1 Å². The Balaban J connectivity index is 1.91. The van der Waals surface area contributed by atoms with Gasteiger partial charge in [0.1, 0.15) is 0 Å². The van der Waals surface area contributed by atoms with E-state index in [0.717, 1.165) is 16.3 Å². The Hall–Kier alpha value is -2.82. The second-order valence-corrected chi connectivity index (χ2v) is 6.81. The van der Waals surface area contributed by atoms with Gasteiger partial charge in [-0.25, -0.2) is 4.79 Å². The predicted octanol–water partition coefficient (Wildman–Crippen LogP) is 5.89. The first-order valence-electron chi connectivity index (χ1n) is 8.06. The molecular weight excluding hydrogens is 385 g/mol. The SMILES string of the molecule is CC(=CC(=O)Nc1cc2ccccc2cc1C(=O)O)c1ccc(Cl)c(Cl)c1. The average molecular weight is 400 g/mol. The van der Waals surface area contributed by atoms with E-state index in [0.29, 0.717) is 15.6 Å². The molecule has 0 spiro atoms. The monoisotopic (exact) mass is 399 g/mol. The molecule has 0 unspecified atom stereocenters. The molecule has 1 amide bonds. The van der Waals surface area contributed by atoms with Gasteiger partial charge in [0.05, 0.1) is 21.3 Å². The topological polar surface area (TPSA) is 66.4 Å². The van der Waals surface area contributed by atoms with Gasteiger partial charge in [-0.3, -0.25) is 4.79 Å². The number of fused-ring (bicyclic) bond motifs is 1. The molecule has 0 saturated heterocycles. The maximum atomic E-state index is 12.4. The highest BCUT2D eigenvalue weighted by Gasteiger charge is 2.13. The van der Waals surface area contributed by atoms with Gasteiger partial charge >= 0.3 is 5.97 Å².